The number of piperazine rings is 1. The van der Waals surface area contributed by atoms with Crippen molar-refractivity contribution in [2.75, 3.05) is 26.2 Å². The van der Waals surface area contributed by atoms with Gasteiger partial charge in [-0.3, -0.25) is 0 Å². The maximum absolute atomic E-state index is 13.4. The first-order valence-corrected chi connectivity index (χ1v) is 8.96. The molecule has 132 valence electrons. The van der Waals surface area contributed by atoms with Crippen LogP contribution in [-0.2, 0) is 29.4 Å². The molecule has 0 aliphatic carbocycles. The van der Waals surface area contributed by atoms with Crippen molar-refractivity contribution in [3.63, 3.8) is 0 Å². The van der Waals surface area contributed by atoms with Gasteiger partial charge in [-0.15, -0.1) is 4.33 Å². The zero-order valence-corrected chi connectivity index (χ0v) is 12.9. The van der Waals surface area contributed by atoms with Gasteiger partial charge in [0.15, 0.2) is 0 Å². The third-order valence-electron chi connectivity index (χ3n) is 2.58. The van der Waals surface area contributed by atoms with Gasteiger partial charge in [-0.2, -0.15) is 26.2 Å². The molecule has 1 aliphatic rings. The highest BCUT2D eigenvalue weighted by Gasteiger charge is 2.52. The molecule has 22 heavy (non-hydrogen) atoms. The first-order chi connectivity index (χ1) is 9.96. The summed E-state index contributed by atoms with van der Waals surface area (Å²) in [4.78, 5) is 0. The van der Waals surface area contributed by atoms with Crippen LogP contribution >= 0.6 is 12.0 Å². The monoisotopic (exact) mass is 394 g/mol. The number of rotatable bonds is 7. The van der Waals surface area contributed by atoms with E-state index in [-0.39, 0.29) is 4.31 Å². The highest BCUT2D eigenvalue weighted by atomic mass is 32.3. The molecule has 0 spiro atoms. The first-order valence-electron chi connectivity index (χ1n) is 5.27. The maximum atomic E-state index is 13.4. The number of nitrogens with zero attached hydrogens (tertiary/aromatic N) is 2. The predicted octanol–water partition coefficient (Wildman–Crippen LogP) is 0.106. The first kappa shape index (κ1) is 19.8. The van der Waals surface area contributed by atoms with E-state index in [1.807, 2.05) is 0 Å². The van der Waals surface area contributed by atoms with Crippen LogP contribution in [-0.4, -0.2) is 67.2 Å². The smallest absolute Gasteiger partial charge is 0.220 e. The largest absolute Gasteiger partial charge is 0.433 e. The standard InChI is InChI=1S/C6H10F4N2O7S3/c7-5(8)21(14,15)11-1-3-12(4-2-11)22(16,17)6(9,10)20-19-18-13/h5,13H,1-4H2. The van der Waals surface area contributed by atoms with Crippen LogP contribution in [0.2, 0.25) is 0 Å². The van der Waals surface area contributed by atoms with E-state index in [1.54, 1.807) is 0 Å². The summed E-state index contributed by atoms with van der Waals surface area (Å²) < 4.78 is 96.4. The quantitative estimate of drug-likeness (QED) is 0.280. The van der Waals surface area contributed by atoms with E-state index >= 15 is 0 Å². The molecule has 0 saturated carbocycles. The van der Waals surface area contributed by atoms with Crippen LogP contribution in [0.15, 0.2) is 0 Å². The van der Waals surface area contributed by atoms with Gasteiger partial charge in [0, 0.05) is 26.2 Å². The Hall–Kier alpha value is -0.230. The van der Waals surface area contributed by atoms with E-state index in [9.17, 15) is 34.4 Å². The molecule has 16 heteroatoms. The molecule has 0 bridgehead atoms. The molecular weight excluding hydrogens is 384 g/mol. The molecule has 1 N–H and O–H groups in total. The van der Waals surface area contributed by atoms with Crippen molar-refractivity contribution in [3.05, 3.63) is 0 Å². The van der Waals surface area contributed by atoms with Gasteiger partial charge in [0.05, 0.1) is 0 Å². The minimum absolute atomic E-state index is 0.220. The lowest BCUT2D eigenvalue weighted by atomic mass is 10.4. The Morgan fingerprint density at radius 2 is 1.50 bits per heavy atom. The average molecular weight is 394 g/mol. The van der Waals surface area contributed by atoms with Gasteiger partial charge < -0.3 is 0 Å². The molecule has 0 aromatic rings. The van der Waals surface area contributed by atoms with E-state index < -0.39 is 68.6 Å². The Kier molecular flexibility index (Phi) is 6.41. The Balaban J connectivity index is 2.79. The summed E-state index contributed by atoms with van der Waals surface area (Å²) in [5.41, 5.74) is 0. The van der Waals surface area contributed by atoms with Crippen molar-refractivity contribution in [3.8, 4) is 0 Å². The molecule has 0 amide bonds. The zero-order chi connectivity index (χ0) is 17.2. The fourth-order valence-electron chi connectivity index (χ4n) is 1.53. The Morgan fingerprint density at radius 1 is 1.05 bits per heavy atom. The number of halogens is 4. The topological polar surface area (TPSA) is 113 Å². The summed E-state index contributed by atoms with van der Waals surface area (Å²) in [5, 5.41) is 10.6. The normalized spacial score (nSPS) is 19.7. The fourth-order valence-corrected chi connectivity index (χ4v) is 4.22. The second-order valence-corrected chi connectivity index (χ2v) is 8.75. The summed E-state index contributed by atoms with van der Waals surface area (Å²) in [6, 6.07) is 0. The van der Waals surface area contributed by atoms with Crippen molar-refractivity contribution >= 4 is 32.1 Å². The van der Waals surface area contributed by atoms with Crippen molar-refractivity contribution < 1.29 is 49.0 Å². The lowest BCUT2D eigenvalue weighted by Gasteiger charge is -2.34. The summed E-state index contributed by atoms with van der Waals surface area (Å²) >= 11 is -0.996. The molecule has 1 fully saturated rings. The van der Waals surface area contributed by atoms with Crippen LogP contribution in [0.4, 0.5) is 17.6 Å². The summed E-state index contributed by atoms with van der Waals surface area (Å²) in [6.07, 6.45) is 0. The fraction of sp³-hybridized carbons (Fsp3) is 1.00. The summed E-state index contributed by atoms with van der Waals surface area (Å²) in [7, 11) is -10.2. The highest BCUT2D eigenvalue weighted by molar-refractivity contribution is 8.10. The number of hydrogen-bond acceptors (Lipinski definition) is 8. The third-order valence-corrected chi connectivity index (χ3v) is 6.92. The minimum Gasteiger partial charge on any atom is -0.220 e. The van der Waals surface area contributed by atoms with Crippen molar-refractivity contribution in [1.82, 2.24) is 8.61 Å². The van der Waals surface area contributed by atoms with Crippen LogP contribution in [0.5, 0.6) is 0 Å². The lowest BCUT2D eigenvalue weighted by molar-refractivity contribution is -0.433. The van der Waals surface area contributed by atoms with Gasteiger partial charge in [-0.05, 0) is 0 Å². The van der Waals surface area contributed by atoms with Gasteiger partial charge in [-0.1, -0.05) is 5.04 Å². The second-order valence-electron chi connectivity index (χ2n) is 3.80. The Bertz CT molecular complexity index is 575. The predicted molar refractivity (Wildman–Crippen MR) is 64.3 cm³/mol. The second kappa shape index (κ2) is 7.12. The maximum Gasteiger partial charge on any atom is 0.433 e. The van der Waals surface area contributed by atoms with Crippen LogP contribution < -0.4 is 0 Å². The summed E-state index contributed by atoms with van der Waals surface area (Å²) in [5.74, 6) is -3.69. The van der Waals surface area contributed by atoms with Crippen LogP contribution in [0, 0.1) is 0 Å². The van der Waals surface area contributed by atoms with Crippen LogP contribution in [0.25, 0.3) is 0 Å². The van der Waals surface area contributed by atoms with Crippen molar-refractivity contribution in [2.24, 2.45) is 0 Å². The minimum atomic E-state index is -5.29. The van der Waals surface area contributed by atoms with E-state index in [4.69, 9.17) is 5.26 Å². The molecule has 1 aliphatic heterocycles. The molecule has 0 unspecified atom stereocenters. The van der Waals surface area contributed by atoms with Gasteiger partial charge >= 0.3 is 10.3 Å². The molecule has 1 rings (SSSR count). The van der Waals surface area contributed by atoms with Crippen LogP contribution in [0.1, 0.15) is 0 Å². The van der Waals surface area contributed by atoms with E-state index in [0.717, 1.165) is 0 Å². The van der Waals surface area contributed by atoms with Gasteiger partial charge in [-0.25, -0.2) is 22.1 Å². The number of hydrogen-bond donors (Lipinski definition) is 1. The average Bonchev–Trinajstić information content (AvgIpc) is 2.44. The van der Waals surface area contributed by atoms with E-state index in [0.29, 0.717) is 4.31 Å². The van der Waals surface area contributed by atoms with Crippen molar-refractivity contribution in [1.29, 1.82) is 0 Å². The van der Waals surface area contributed by atoms with Crippen molar-refractivity contribution in [2.45, 2.75) is 10.3 Å². The Labute approximate surface area is 126 Å². The van der Waals surface area contributed by atoms with Crippen LogP contribution in [0.3, 0.4) is 0 Å². The molecule has 0 aromatic carbocycles. The third kappa shape index (κ3) is 3.99. The molecule has 0 atom stereocenters. The summed E-state index contributed by atoms with van der Waals surface area (Å²) in [6.45, 7) is -2.90. The SMILES string of the molecule is O=S(=O)(C(F)F)N1CCN(S(=O)(=O)C(F)(F)SOOO)CC1. The van der Waals surface area contributed by atoms with E-state index in [1.165, 1.54) is 0 Å². The lowest BCUT2D eigenvalue weighted by Crippen LogP contribution is -2.54. The number of sulfonamides is 2. The van der Waals surface area contributed by atoms with Gasteiger partial charge in [0.25, 0.3) is 20.0 Å². The zero-order valence-electron chi connectivity index (χ0n) is 10.4. The highest BCUT2D eigenvalue weighted by Crippen LogP contribution is 2.38. The van der Waals surface area contributed by atoms with Gasteiger partial charge in [0.1, 0.15) is 12.0 Å². The molecule has 0 radical (unpaired) electrons. The number of alkyl halides is 4. The molecule has 1 saturated heterocycles. The van der Waals surface area contributed by atoms with E-state index in [2.05, 4.69) is 9.37 Å². The Morgan fingerprint density at radius 3 is 1.91 bits per heavy atom. The molecular formula is C6H10F4N2O7S3. The molecule has 9 nitrogen and oxygen atoms in total. The molecule has 1 heterocycles. The molecule has 0 aromatic heterocycles. The van der Waals surface area contributed by atoms with Gasteiger partial charge in [0.2, 0.25) is 0 Å².